The van der Waals surface area contributed by atoms with Gasteiger partial charge in [-0.1, -0.05) is 0 Å². The van der Waals surface area contributed by atoms with E-state index in [-0.39, 0.29) is 18.1 Å². The number of benzene rings is 1. The van der Waals surface area contributed by atoms with Gasteiger partial charge in [0.2, 0.25) is 0 Å². The minimum atomic E-state index is -3.44. The summed E-state index contributed by atoms with van der Waals surface area (Å²) < 4.78 is 30.6. The van der Waals surface area contributed by atoms with Crippen molar-refractivity contribution in [3.8, 4) is 0 Å². The number of nitrogens with one attached hydrogen (secondary N) is 2. The molecule has 2 N–H and O–H groups in total. The summed E-state index contributed by atoms with van der Waals surface area (Å²) in [5.41, 5.74) is 2.93. The Bertz CT molecular complexity index is 1180. The molecule has 4 aliphatic rings. The Morgan fingerprint density at radius 1 is 1.21 bits per heavy atom. The molecule has 2 fully saturated rings. The van der Waals surface area contributed by atoms with Gasteiger partial charge in [0.1, 0.15) is 6.17 Å². The van der Waals surface area contributed by atoms with Crippen molar-refractivity contribution in [2.24, 2.45) is 9.98 Å². The van der Waals surface area contributed by atoms with Gasteiger partial charge in [-0.3, -0.25) is 4.90 Å². The van der Waals surface area contributed by atoms with Gasteiger partial charge in [-0.05, 0) is 57.9 Å². The summed E-state index contributed by atoms with van der Waals surface area (Å²) in [5, 5.41) is 7.14. The third kappa shape index (κ3) is 4.54. The molecule has 1 saturated carbocycles. The van der Waals surface area contributed by atoms with Crippen LogP contribution in [-0.4, -0.2) is 73.7 Å². The smallest absolute Gasteiger partial charge is 0.319 e. The maximum atomic E-state index is 13.0. The quantitative estimate of drug-likeness (QED) is 0.681. The van der Waals surface area contributed by atoms with Crippen LogP contribution >= 0.6 is 0 Å². The van der Waals surface area contributed by atoms with Crippen LogP contribution in [0.25, 0.3) is 0 Å². The maximum Gasteiger partial charge on any atom is 0.319 e. The summed E-state index contributed by atoms with van der Waals surface area (Å²) in [7, 11) is -3.44. The molecular formula is C24H31N5O4S. The number of carbonyl (C=O) groups excluding carboxylic acids is 1. The standard InChI is InChI=1S/C24H31N5O4S/c1-15-13-33-11-10-29(15)22-19-14-34(31,32)24(2,3)12-20(19)27-21(28-22)16-4-6-17(7-5-16)25-23(30)26-18-8-9-18/h4-7,14-15,18,22H,8-13H2,1-3H3,(H2,25,26,30)/t15?,22-/m1/s1. The Hall–Kier alpha value is -2.56. The average Bonchev–Trinajstić information content (AvgIpc) is 3.58. The minimum Gasteiger partial charge on any atom is -0.379 e. The van der Waals surface area contributed by atoms with E-state index in [1.54, 1.807) is 13.8 Å². The van der Waals surface area contributed by atoms with Crippen LogP contribution in [0.15, 0.2) is 45.2 Å². The van der Waals surface area contributed by atoms with Gasteiger partial charge in [-0.2, -0.15) is 0 Å². The van der Waals surface area contributed by atoms with Gasteiger partial charge in [-0.15, -0.1) is 0 Å². The lowest BCUT2D eigenvalue weighted by Gasteiger charge is -2.42. The van der Waals surface area contributed by atoms with Crippen molar-refractivity contribution in [3.05, 3.63) is 40.8 Å². The van der Waals surface area contributed by atoms with Crippen LogP contribution in [0.3, 0.4) is 0 Å². The first-order valence-electron chi connectivity index (χ1n) is 11.8. The number of morpholine rings is 1. The first kappa shape index (κ1) is 23.2. The molecular weight excluding hydrogens is 454 g/mol. The van der Waals surface area contributed by atoms with Crippen LogP contribution in [0.5, 0.6) is 0 Å². The molecule has 10 heteroatoms. The van der Waals surface area contributed by atoms with Crippen molar-refractivity contribution in [2.75, 3.05) is 25.1 Å². The Kier molecular flexibility index (Phi) is 5.86. The number of fused-ring (bicyclic) bond motifs is 1. The van der Waals surface area contributed by atoms with Gasteiger partial charge in [0, 0.05) is 47.3 Å². The number of sulfone groups is 1. The lowest BCUT2D eigenvalue weighted by atomic mass is 9.95. The summed E-state index contributed by atoms with van der Waals surface area (Å²) in [6.45, 7) is 7.35. The largest absolute Gasteiger partial charge is 0.379 e. The SMILES string of the molecule is CC1COCCN1[C@H]1N=C(c2ccc(NC(=O)NC3CC3)cc2)N=C2CC(C)(C)S(=O)(=O)C=C21. The van der Waals surface area contributed by atoms with Gasteiger partial charge in [-0.25, -0.2) is 23.2 Å². The van der Waals surface area contributed by atoms with Gasteiger partial charge in [0.15, 0.2) is 15.7 Å². The van der Waals surface area contributed by atoms with E-state index < -0.39 is 20.8 Å². The van der Waals surface area contributed by atoms with Crippen molar-refractivity contribution in [2.45, 2.75) is 63.0 Å². The number of hydrogen-bond acceptors (Lipinski definition) is 7. The number of amides is 2. The second kappa shape index (κ2) is 8.58. The number of nitrogens with zero attached hydrogens (tertiary/aromatic N) is 3. The first-order chi connectivity index (χ1) is 16.1. The molecule has 1 aromatic rings. The Morgan fingerprint density at radius 2 is 1.94 bits per heavy atom. The van der Waals surface area contributed by atoms with Crippen molar-refractivity contribution in [1.82, 2.24) is 10.2 Å². The van der Waals surface area contributed by atoms with E-state index in [0.29, 0.717) is 43.3 Å². The number of amidine groups is 1. The molecule has 1 unspecified atom stereocenters. The third-order valence-corrected chi connectivity index (χ3v) is 9.04. The van der Waals surface area contributed by atoms with Crippen molar-refractivity contribution >= 4 is 33.1 Å². The molecule has 1 aromatic carbocycles. The molecule has 2 atom stereocenters. The fraction of sp³-hybridized carbons (Fsp3) is 0.542. The molecule has 9 nitrogen and oxygen atoms in total. The molecule has 3 aliphatic heterocycles. The summed E-state index contributed by atoms with van der Waals surface area (Å²) in [6, 6.07) is 7.61. The third-order valence-electron chi connectivity index (χ3n) is 6.79. The van der Waals surface area contributed by atoms with Crippen LogP contribution < -0.4 is 10.6 Å². The highest BCUT2D eigenvalue weighted by Gasteiger charge is 2.44. The molecule has 0 radical (unpaired) electrons. The Morgan fingerprint density at radius 3 is 2.62 bits per heavy atom. The van der Waals surface area contributed by atoms with E-state index >= 15 is 0 Å². The Balaban J connectivity index is 1.47. The molecule has 182 valence electrons. The number of anilines is 1. The summed E-state index contributed by atoms with van der Waals surface area (Å²) >= 11 is 0. The Labute approximate surface area is 200 Å². The highest BCUT2D eigenvalue weighted by atomic mass is 32.2. The minimum absolute atomic E-state index is 0.0956. The predicted octanol–water partition coefficient (Wildman–Crippen LogP) is 2.70. The van der Waals surface area contributed by atoms with Crippen molar-refractivity contribution in [1.29, 1.82) is 0 Å². The van der Waals surface area contributed by atoms with Crippen LogP contribution in [0, 0.1) is 0 Å². The molecule has 3 heterocycles. The molecule has 0 spiro atoms. The number of hydrogen-bond donors (Lipinski definition) is 2. The average molecular weight is 486 g/mol. The second-order valence-electron chi connectivity index (χ2n) is 10.1. The number of carbonyl (C=O) groups is 1. The molecule has 0 bridgehead atoms. The fourth-order valence-electron chi connectivity index (χ4n) is 4.43. The molecule has 0 aromatic heterocycles. The number of rotatable bonds is 4. The fourth-order valence-corrected chi connectivity index (χ4v) is 5.68. The van der Waals surface area contributed by atoms with E-state index in [4.69, 9.17) is 14.7 Å². The van der Waals surface area contributed by atoms with Gasteiger partial charge in [0.05, 0.1) is 23.7 Å². The lowest BCUT2D eigenvalue weighted by molar-refractivity contribution is -0.0127. The van der Waals surface area contributed by atoms with Gasteiger partial charge in [0.25, 0.3) is 0 Å². The van der Waals surface area contributed by atoms with E-state index in [9.17, 15) is 13.2 Å². The molecule has 1 aliphatic carbocycles. The second-order valence-corrected chi connectivity index (χ2v) is 12.5. The molecule has 1 saturated heterocycles. The number of ether oxygens (including phenoxy) is 1. The zero-order valence-corrected chi connectivity index (χ0v) is 20.6. The molecule has 5 rings (SSSR count). The van der Waals surface area contributed by atoms with Gasteiger partial charge < -0.3 is 15.4 Å². The highest BCUT2D eigenvalue weighted by molar-refractivity contribution is 7.95. The van der Waals surface area contributed by atoms with E-state index in [1.165, 1.54) is 5.41 Å². The van der Waals surface area contributed by atoms with Crippen LogP contribution in [0.2, 0.25) is 0 Å². The summed E-state index contributed by atoms with van der Waals surface area (Å²) in [6.07, 6.45) is 1.96. The molecule has 2 amide bonds. The zero-order valence-electron chi connectivity index (χ0n) is 19.7. The number of aliphatic imine (C=N–C) groups is 2. The first-order valence-corrected chi connectivity index (χ1v) is 13.3. The highest BCUT2D eigenvalue weighted by Crippen LogP contribution is 2.36. The molecule has 34 heavy (non-hydrogen) atoms. The van der Waals surface area contributed by atoms with E-state index in [1.807, 2.05) is 24.3 Å². The van der Waals surface area contributed by atoms with E-state index in [0.717, 1.165) is 24.1 Å². The summed E-state index contributed by atoms with van der Waals surface area (Å²) in [4.78, 5) is 24.0. The normalized spacial score (nSPS) is 28.1. The van der Waals surface area contributed by atoms with Crippen LogP contribution in [0.1, 0.15) is 45.6 Å². The monoisotopic (exact) mass is 485 g/mol. The predicted molar refractivity (Wildman–Crippen MR) is 132 cm³/mol. The lowest BCUT2D eigenvalue weighted by Crippen LogP contribution is -2.53. The van der Waals surface area contributed by atoms with E-state index in [2.05, 4.69) is 22.5 Å². The van der Waals surface area contributed by atoms with Gasteiger partial charge >= 0.3 is 6.03 Å². The summed E-state index contributed by atoms with van der Waals surface area (Å²) in [5.74, 6) is 0.569. The zero-order chi connectivity index (χ0) is 24.1. The maximum absolute atomic E-state index is 13.0. The van der Waals surface area contributed by atoms with Crippen LogP contribution in [0.4, 0.5) is 10.5 Å². The topological polar surface area (TPSA) is 112 Å². The van der Waals surface area contributed by atoms with Crippen molar-refractivity contribution < 1.29 is 17.9 Å². The van der Waals surface area contributed by atoms with Crippen LogP contribution in [-0.2, 0) is 14.6 Å². The van der Waals surface area contributed by atoms with Crippen molar-refractivity contribution in [3.63, 3.8) is 0 Å². The number of urea groups is 1.